The summed E-state index contributed by atoms with van der Waals surface area (Å²) in [6.45, 7) is 1.86. The number of aliphatic carboxylic acids is 2. The lowest BCUT2D eigenvalue weighted by Gasteiger charge is -2.12. The Morgan fingerprint density at radius 1 is 1.40 bits per heavy atom. The van der Waals surface area contributed by atoms with Crippen molar-refractivity contribution in [1.29, 1.82) is 0 Å². The molecule has 0 saturated heterocycles. The van der Waals surface area contributed by atoms with E-state index in [2.05, 4.69) is 10.3 Å². The highest BCUT2D eigenvalue weighted by molar-refractivity contribution is 5.86. The number of aryl methyl sites for hydroxylation is 1. The molecule has 9 heteroatoms. The van der Waals surface area contributed by atoms with Gasteiger partial charge < -0.3 is 25.3 Å². The number of carbonyl (C=O) groups excluding carboxylic acids is 1. The summed E-state index contributed by atoms with van der Waals surface area (Å²) < 4.78 is 5.24. The van der Waals surface area contributed by atoms with Crippen molar-refractivity contribution < 1.29 is 29.0 Å². The van der Waals surface area contributed by atoms with Crippen molar-refractivity contribution in [1.82, 2.24) is 15.6 Å². The molecular formula is C11H15N3O6. The van der Waals surface area contributed by atoms with Crippen molar-refractivity contribution in [3.05, 3.63) is 17.8 Å². The van der Waals surface area contributed by atoms with E-state index in [1.165, 1.54) is 6.20 Å². The van der Waals surface area contributed by atoms with E-state index in [1.54, 1.807) is 0 Å². The van der Waals surface area contributed by atoms with Gasteiger partial charge in [-0.1, -0.05) is 6.92 Å². The van der Waals surface area contributed by atoms with Gasteiger partial charge in [0.2, 0.25) is 5.89 Å². The first-order chi connectivity index (χ1) is 9.42. The number of hydrogen-bond donors (Lipinski definition) is 4. The van der Waals surface area contributed by atoms with Crippen LogP contribution in [0.3, 0.4) is 0 Å². The average molecular weight is 285 g/mol. The molecule has 0 unspecified atom stereocenters. The Labute approximate surface area is 114 Å². The van der Waals surface area contributed by atoms with Crippen LogP contribution in [-0.2, 0) is 22.6 Å². The Kier molecular flexibility index (Phi) is 5.51. The fourth-order valence-electron chi connectivity index (χ4n) is 1.33. The average Bonchev–Trinajstić information content (AvgIpc) is 2.83. The van der Waals surface area contributed by atoms with Crippen LogP contribution in [0.1, 0.15) is 25.0 Å². The summed E-state index contributed by atoms with van der Waals surface area (Å²) in [5.74, 6) is -1.80. The molecule has 0 bridgehead atoms. The molecule has 0 aliphatic heterocycles. The Morgan fingerprint density at radius 3 is 2.60 bits per heavy atom. The molecule has 1 heterocycles. The van der Waals surface area contributed by atoms with E-state index in [1.807, 2.05) is 12.2 Å². The number of rotatable bonds is 7. The third-order valence-corrected chi connectivity index (χ3v) is 2.33. The molecule has 0 spiro atoms. The molecule has 0 aliphatic carbocycles. The largest absolute Gasteiger partial charge is 0.481 e. The number of nitrogens with one attached hydrogen (secondary N) is 2. The topological polar surface area (TPSA) is 142 Å². The number of oxazole rings is 1. The predicted molar refractivity (Wildman–Crippen MR) is 64.9 cm³/mol. The summed E-state index contributed by atoms with van der Waals surface area (Å²) in [5.41, 5.74) is 0. The number of hydrogen-bond acceptors (Lipinski definition) is 5. The van der Waals surface area contributed by atoms with Crippen LogP contribution < -0.4 is 10.6 Å². The van der Waals surface area contributed by atoms with E-state index >= 15 is 0 Å². The SMILES string of the molecule is CCc1cnc(CNC(=O)N[C@H](CC(=O)O)C(=O)O)o1. The second-order valence-electron chi connectivity index (χ2n) is 3.89. The Morgan fingerprint density at radius 2 is 2.10 bits per heavy atom. The second kappa shape index (κ2) is 7.12. The molecule has 110 valence electrons. The molecule has 0 aromatic carbocycles. The minimum Gasteiger partial charge on any atom is -0.481 e. The lowest BCUT2D eigenvalue weighted by molar-refractivity contribution is -0.145. The summed E-state index contributed by atoms with van der Waals surface area (Å²) in [6.07, 6.45) is 1.49. The fourth-order valence-corrected chi connectivity index (χ4v) is 1.33. The van der Waals surface area contributed by atoms with Gasteiger partial charge in [0.1, 0.15) is 11.8 Å². The van der Waals surface area contributed by atoms with Crippen LogP contribution in [0.4, 0.5) is 4.79 Å². The Hall–Kier alpha value is -2.58. The maximum Gasteiger partial charge on any atom is 0.326 e. The highest BCUT2D eigenvalue weighted by atomic mass is 16.4. The van der Waals surface area contributed by atoms with Gasteiger partial charge >= 0.3 is 18.0 Å². The molecule has 1 atom stereocenters. The van der Waals surface area contributed by atoms with Crippen LogP contribution in [0.5, 0.6) is 0 Å². The van der Waals surface area contributed by atoms with E-state index in [0.717, 1.165) is 0 Å². The normalized spacial score (nSPS) is 11.7. The molecule has 20 heavy (non-hydrogen) atoms. The zero-order chi connectivity index (χ0) is 15.1. The summed E-state index contributed by atoms with van der Waals surface area (Å²) in [7, 11) is 0. The number of nitrogens with zero attached hydrogens (tertiary/aromatic N) is 1. The molecule has 9 nitrogen and oxygen atoms in total. The van der Waals surface area contributed by atoms with Gasteiger partial charge in [0.15, 0.2) is 0 Å². The van der Waals surface area contributed by atoms with Crippen molar-refractivity contribution in [3.8, 4) is 0 Å². The molecule has 0 radical (unpaired) electrons. The first kappa shape index (κ1) is 15.5. The molecular weight excluding hydrogens is 270 g/mol. The van der Waals surface area contributed by atoms with Crippen LogP contribution in [-0.4, -0.2) is 39.2 Å². The maximum absolute atomic E-state index is 11.4. The van der Waals surface area contributed by atoms with E-state index < -0.39 is 30.4 Å². The lowest BCUT2D eigenvalue weighted by Crippen LogP contribution is -2.46. The lowest BCUT2D eigenvalue weighted by atomic mass is 10.2. The number of carboxylic acids is 2. The monoisotopic (exact) mass is 285 g/mol. The maximum atomic E-state index is 11.4. The number of carbonyl (C=O) groups is 3. The third-order valence-electron chi connectivity index (χ3n) is 2.33. The zero-order valence-electron chi connectivity index (χ0n) is 10.8. The van der Waals surface area contributed by atoms with Crippen molar-refractivity contribution in [3.63, 3.8) is 0 Å². The van der Waals surface area contributed by atoms with E-state index in [9.17, 15) is 14.4 Å². The van der Waals surface area contributed by atoms with Gasteiger partial charge in [-0.2, -0.15) is 0 Å². The molecule has 1 aromatic heterocycles. The van der Waals surface area contributed by atoms with Gasteiger partial charge in [-0.3, -0.25) is 4.79 Å². The van der Waals surface area contributed by atoms with E-state index in [0.29, 0.717) is 12.2 Å². The second-order valence-corrected chi connectivity index (χ2v) is 3.89. The third kappa shape index (κ3) is 4.96. The van der Waals surface area contributed by atoms with Gasteiger partial charge in [-0.05, 0) is 0 Å². The highest BCUT2D eigenvalue weighted by Crippen LogP contribution is 2.03. The van der Waals surface area contributed by atoms with Crippen LogP contribution in [0.15, 0.2) is 10.6 Å². The standard InChI is InChI=1S/C11H15N3O6/c1-2-6-4-12-8(20-6)5-13-11(19)14-7(10(17)18)3-9(15)16/h4,7H,2-3,5H2,1H3,(H,15,16)(H,17,18)(H2,13,14,19)/t7-/m1/s1. The summed E-state index contributed by atoms with van der Waals surface area (Å²) in [6, 6.07) is -2.31. The number of carboxylic acid groups (broad SMARTS) is 2. The van der Waals surface area contributed by atoms with Crippen molar-refractivity contribution >= 4 is 18.0 Å². The number of amides is 2. The molecule has 1 aromatic rings. The van der Waals surface area contributed by atoms with Crippen LogP contribution in [0.2, 0.25) is 0 Å². The van der Waals surface area contributed by atoms with Gasteiger partial charge in [0.25, 0.3) is 0 Å². The minimum atomic E-state index is -1.50. The molecule has 0 aliphatic rings. The van der Waals surface area contributed by atoms with Crippen LogP contribution in [0.25, 0.3) is 0 Å². The first-order valence-electron chi connectivity index (χ1n) is 5.85. The summed E-state index contributed by atoms with van der Waals surface area (Å²) >= 11 is 0. The van der Waals surface area contributed by atoms with Crippen LogP contribution >= 0.6 is 0 Å². The van der Waals surface area contributed by atoms with Gasteiger partial charge in [0, 0.05) is 6.42 Å². The first-order valence-corrected chi connectivity index (χ1v) is 5.85. The van der Waals surface area contributed by atoms with Gasteiger partial charge in [-0.15, -0.1) is 0 Å². The molecule has 1 rings (SSSR count). The minimum absolute atomic E-state index is 0.0226. The van der Waals surface area contributed by atoms with Crippen molar-refractivity contribution in [2.45, 2.75) is 32.4 Å². The summed E-state index contributed by atoms with van der Waals surface area (Å²) in [4.78, 5) is 36.5. The van der Waals surface area contributed by atoms with Crippen LogP contribution in [0, 0.1) is 0 Å². The number of urea groups is 1. The highest BCUT2D eigenvalue weighted by Gasteiger charge is 2.22. The zero-order valence-corrected chi connectivity index (χ0v) is 10.8. The smallest absolute Gasteiger partial charge is 0.326 e. The molecule has 0 saturated carbocycles. The molecule has 0 fully saturated rings. The molecule has 2 amide bonds. The van der Waals surface area contributed by atoms with E-state index in [-0.39, 0.29) is 12.4 Å². The Bertz CT molecular complexity index is 498. The number of aromatic nitrogens is 1. The van der Waals surface area contributed by atoms with E-state index in [4.69, 9.17) is 14.6 Å². The predicted octanol–water partition coefficient (Wildman–Crippen LogP) is -0.0359. The molecule has 4 N–H and O–H groups in total. The van der Waals surface area contributed by atoms with Gasteiger partial charge in [-0.25, -0.2) is 14.6 Å². The summed E-state index contributed by atoms with van der Waals surface area (Å²) in [5, 5.41) is 21.6. The van der Waals surface area contributed by atoms with Gasteiger partial charge in [0.05, 0.1) is 19.2 Å². The van der Waals surface area contributed by atoms with Crippen molar-refractivity contribution in [2.75, 3.05) is 0 Å². The van der Waals surface area contributed by atoms with Crippen molar-refractivity contribution in [2.24, 2.45) is 0 Å². The fraction of sp³-hybridized carbons (Fsp3) is 0.455. The Balaban J connectivity index is 2.45. The quantitative estimate of drug-likeness (QED) is 0.550.